The lowest BCUT2D eigenvalue weighted by molar-refractivity contribution is -0.385. The largest absolute Gasteiger partial charge is 0.395 e. The Morgan fingerprint density at radius 1 is 1.36 bits per heavy atom. The predicted molar refractivity (Wildman–Crippen MR) is 77.9 cm³/mol. The molecule has 0 aliphatic heterocycles. The number of nitro groups is 1. The molecule has 6 N–H and O–H groups in total. The fraction of sp³-hybridized carbons (Fsp3) is 0.385. The van der Waals surface area contributed by atoms with Gasteiger partial charge in [-0.3, -0.25) is 14.9 Å². The fourth-order valence-electron chi connectivity index (χ4n) is 2.18. The monoisotopic (exact) mass is 310 g/mol. The average molecular weight is 310 g/mol. The van der Waals surface area contributed by atoms with Crippen molar-refractivity contribution >= 4 is 17.6 Å². The minimum absolute atomic E-state index is 0.111. The molecular weight excluding hydrogens is 292 g/mol. The van der Waals surface area contributed by atoms with Crippen molar-refractivity contribution in [1.82, 2.24) is 5.32 Å². The van der Waals surface area contributed by atoms with Crippen LogP contribution in [0.4, 0.5) is 10.5 Å². The molecule has 0 spiro atoms. The van der Waals surface area contributed by atoms with Crippen LogP contribution in [-0.4, -0.2) is 35.1 Å². The normalized spacial score (nSPS) is 13.1. The van der Waals surface area contributed by atoms with E-state index >= 15 is 0 Å². The number of hydrogen-bond acceptors (Lipinski definition) is 5. The molecule has 0 fully saturated rings. The number of nitrogens with two attached hydrogens (primary N) is 2. The number of nitrogens with zero attached hydrogens (tertiary/aromatic N) is 1. The highest BCUT2D eigenvalue weighted by Gasteiger charge is 2.38. The maximum absolute atomic E-state index is 11.8. The van der Waals surface area contributed by atoms with Gasteiger partial charge in [0.05, 0.1) is 16.9 Å². The molecule has 0 aliphatic carbocycles. The van der Waals surface area contributed by atoms with Gasteiger partial charge in [-0.25, -0.2) is 4.79 Å². The van der Waals surface area contributed by atoms with E-state index in [9.17, 15) is 24.8 Å². The van der Waals surface area contributed by atoms with E-state index in [0.29, 0.717) is 6.42 Å². The Balaban J connectivity index is 3.05. The molecule has 0 saturated heterocycles. The second-order valence-electron chi connectivity index (χ2n) is 4.81. The van der Waals surface area contributed by atoms with E-state index < -0.39 is 28.9 Å². The van der Waals surface area contributed by atoms with Gasteiger partial charge in [0.2, 0.25) is 5.91 Å². The van der Waals surface area contributed by atoms with Gasteiger partial charge in [0.25, 0.3) is 5.69 Å². The van der Waals surface area contributed by atoms with E-state index in [4.69, 9.17) is 11.5 Å². The summed E-state index contributed by atoms with van der Waals surface area (Å²) in [5, 5.41) is 22.9. The zero-order chi connectivity index (χ0) is 16.8. The lowest BCUT2D eigenvalue weighted by atomic mass is 9.76. The molecule has 22 heavy (non-hydrogen) atoms. The number of hydrogen-bond donors (Lipinski definition) is 4. The van der Waals surface area contributed by atoms with Gasteiger partial charge in [-0.1, -0.05) is 12.1 Å². The summed E-state index contributed by atoms with van der Waals surface area (Å²) in [7, 11) is 0. The highest BCUT2D eigenvalue weighted by atomic mass is 16.6. The van der Waals surface area contributed by atoms with Crippen molar-refractivity contribution in [3.05, 3.63) is 39.9 Å². The Bertz CT molecular complexity index is 577. The number of primary amides is 2. The van der Waals surface area contributed by atoms with Crippen molar-refractivity contribution < 1.29 is 19.6 Å². The van der Waals surface area contributed by atoms with E-state index in [2.05, 4.69) is 5.32 Å². The molecule has 1 atom stereocenters. The van der Waals surface area contributed by atoms with Gasteiger partial charge in [0, 0.05) is 18.7 Å². The van der Waals surface area contributed by atoms with Crippen LogP contribution in [-0.2, 0) is 10.2 Å². The molecule has 0 aliphatic rings. The van der Waals surface area contributed by atoms with Gasteiger partial charge in [0.1, 0.15) is 0 Å². The summed E-state index contributed by atoms with van der Waals surface area (Å²) in [4.78, 5) is 32.7. The van der Waals surface area contributed by atoms with Gasteiger partial charge in [0.15, 0.2) is 0 Å². The summed E-state index contributed by atoms with van der Waals surface area (Å²) in [6, 6.07) is 4.70. The summed E-state index contributed by atoms with van der Waals surface area (Å²) in [6.45, 7) is -0.403. The maximum Gasteiger partial charge on any atom is 0.312 e. The molecule has 0 aromatic heterocycles. The molecule has 1 aromatic rings. The Labute approximate surface area is 126 Å². The number of aliphatic hydroxyl groups excluding tert-OH is 1. The highest BCUT2D eigenvalue weighted by Crippen LogP contribution is 2.31. The molecule has 1 aromatic carbocycles. The molecule has 120 valence electrons. The van der Waals surface area contributed by atoms with Crippen LogP contribution in [0.1, 0.15) is 18.4 Å². The van der Waals surface area contributed by atoms with Crippen molar-refractivity contribution in [3.63, 3.8) is 0 Å². The Kier molecular flexibility index (Phi) is 5.81. The Hall–Kier alpha value is -2.68. The van der Waals surface area contributed by atoms with Gasteiger partial charge < -0.3 is 21.9 Å². The third-order valence-electron chi connectivity index (χ3n) is 3.43. The second-order valence-corrected chi connectivity index (χ2v) is 4.81. The van der Waals surface area contributed by atoms with E-state index in [0.717, 1.165) is 0 Å². The van der Waals surface area contributed by atoms with Gasteiger partial charge in [-0.05, 0) is 18.4 Å². The molecule has 3 amide bonds. The number of rotatable bonds is 8. The minimum atomic E-state index is -1.45. The maximum atomic E-state index is 11.8. The summed E-state index contributed by atoms with van der Waals surface area (Å²) in [5.74, 6) is -0.797. The third kappa shape index (κ3) is 3.92. The van der Waals surface area contributed by atoms with Crippen molar-refractivity contribution in [3.8, 4) is 0 Å². The van der Waals surface area contributed by atoms with Crippen LogP contribution in [0.5, 0.6) is 0 Å². The topological polar surface area (TPSA) is 162 Å². The van der Waals surface area contributed by atoms with Crippen LogP contribution >= 0.6 is 0 Å². The van der Waals surface area contributed by atoms with Crippen LogP contribution in [0.15, 0.2) is 24.3 Å². The first-order valence-electron chi connectivity index (χ1n) is 6.52. The molecule has 0 radical (unpaired) electrons. The number of benzene rings is 1. The van der Waals surface area contributed by atoms with Gasteiger partial charge in [-0.15, -0.1) is 0 Å². The first kappa shape index (κ1) is 17.4. The molecule has 1 unspecified atom stereocenters. The molecule has 0 bridgehead atoms. The highest BCUT2D eigenvalue weighted by molar-refractivity contribution is 5.87. The van der Waals surface area contributed by atoms with Crippen LogP contribution in [0.2, 0.25) is 0 Å². The number of aliphatic hydroxyl groups is 1. The zero-order valence-corrected chi connectivity index (χ0v) is 11.8. The lowest BCUT2D eigenvalue weighted by Crippen LogP contribution is -2.45. The Morgan fingerprint density at radius 2 is 2.05 bits per heavy atom. The van der Waals surface area contributed by atoms with Crippen LogP contribution in [0.25, 0.3) is 0 Å². The van der Waals surface area contributed by atoms with Crippen molar-refractivity contribution in [2.24, 2.45) is 11.5 Å². The number of nitro benzene ring substituents is 1. The molecule has 1 rings (SSSR count). The van der Waals surface area contributed by atoms with E-state index in [-0.39, 0.29) is 24.2 Å². The minimum Gasteiger partial charge on any atom is -0.395 e. The fourth-order valence-corrected chi connectivity index (χ4v) is 2.18. The van der Waals surface area contributed by atoms with Crippen LogP contribution in [0, 0.1) is 10.1 Å². The number of amides is 3. The average Bonchev–Trinajstić information content (AvgIpc) is 2.47. The molecule has 0 heterocycles. The number of urea groups is 1. The van der Waals surface area contributed by atoms with E-state index in [1.54, 1.807) is 0 Å². The quantitative estimate of drug-likeness (QED) is 0.295. The smallest absolute Gasteiger partial charge is 0.312 e. The van der Waals surface area contributed by atoms with E-state index in [1.165, 1.54) is 24.3 Å². The number of carbonyl (C=O) groups excluding carboxylic acids is 2. The molecule has 0 saturated carbocycles. The van der Waals surface area contributed by atoms with Crippen LogP contribution < -0.4 is 16.8 Å². The SMILES string of the molecule is NC(=O)NCCCC(CO)(C(N)=O)c1cccc([N+](=O)[O-])c1. The lowest BCUT2D eigenvalue weighted by Gasteiger charge is -2.29. The molecule has 9 heteroatoms. The number of carbonyl (C=O) groups is 2. The second kappa shape index (κ2) is 7.36. The van der Waals surface area contributed by atoms with E-state index in [1.807, 2.05) is 0 Å². The molecular formula is C13H18N4O5. The van der Waals surface area contributed by atoms with Crippen molar-refractivity contribution in [2.75, 3.05) is 13.2 Å². The Morgan fingerprint density at radius 3 is 2.55 bits per heavy atom. The standard InChI is InChI=1S/C13H18N4O5/c14-11(19)13(8-18,5-2-6-16-12(15)20)9-3-1-4-10(7-9)17(21)22/h1,3-4,7,18H,2,5-6,8H2,(H2,14,19)(H3,15,16,20). The predicted octanol–water partition coefficient (Wildman–Crippen LogP) is -0.241. The summed E-state index contributed by atoms with van der Waals surface area (Å²) in [5.41, 5.74) is 8.94. The third-order valence-corrected chi connectivity index (χ3v) is 3.43. The first-order valence-corrected chi connectivity index (χ1v) is 6.52. The van der Waals surface area contributed by atoms with Crippen LogP contribution in [0.3, 0.4) is 0 Å². The summed E-state index contributed by atoms with van der Waals surface area (Å²) < 4.78 is 0. The number of non-ortho nitro benzene ring substituents is 1. The zero-order valence-electron chi connectivity index (χ0n) is 11.8. The molecule has 9 nitrogen and oxygen atoms in total. The van der Waals surface area contributed by atoms with Crippen molar-refractivity contribution in [1.29, 1.82) is 0 Å². The van der Waals surface area contributed by atoms with Gasteiger partial charge in [-0.2, -0.15) is 0 Å². The first-order chi connectivity index (χ1) is 10.3. The van der Waals surface area contributed by atoms with Crippen molar-refractivity contribution in [2.45, 2.75) is 18.3 Å². The van der Waals surface area contributed by atoms with Gasteiger partial charge >= 0.3 is 6.03 Å². The summed E-state index contributed by atoms with van der Waals surface area (Å²) >= 11 is 0. The summed E-state index contributed by atoms with van der Waals surface area (Å²) in [6.07, 6.45) is 0.426. The number of nitrogens with one attached hydrogen (secondary N) is 1.